The molecule has 1 atom stereocenters. The average Bonchev–Trinajstić information content (AvgIpc) is 2.71. The van der Waals surface area contributed by atoms with E-state index in [1.807, 2.05) is 42.5 Å². The molecule has 6 heteroatoms. The first-order valence-corrected chi connectivity index (χ1v) is 9.89. The highest BCUT2D eigenvalue weighted by Crippen LogP contribution is 2.50. The quantitative estimate of drug-likeness (QED) is 0.223. The lowest BCUT2D eigenvalue weighted by Gasteiger charge is -2.28. The van der Waals surface area contributed by atoms with Crippen LogP contribution in [0.5, 0.6) is 11.5 Å². The summed E-state index contributed by atoms with van der Waals surface area (Å²) in [7, 11) is 0. The molecular formula is C25H18O6. The van der Waals surface area contributed by atoms with E-state index >= 15 is 0 Å². The summed E-state index contributed by atoms with van der Waals surface area (Å²) < 4.78 is 11.0. The van der Waals surface area contributed by atoms with Crippen molar-refractivity contribution in [2.75, 3.05) is 0 Å². The van der Waals surface area contributed by atoms with Gasteiger partial charge < -0.3 is 14.3 Å². The SMILES string of the molecule is CC(=O)c1c2c(c3oc(=O)cc(C)c3c1O)C(c1cccc3ccccc13)CC(=O)O2. The summed E-state index contributed by atoms with van der Waals surface area (Å²) in [6.07, 6.45) is 0.00980. The van der Waals surface area contributed by atoms with Gasteiger partial charge in [-0.05, 0) is 35.7 Å². The van der Waals surface area contributed by atoms with Crippen LogP contribution in [0, 0.1) is 6.92 Å². The Morgan fingerprint density at radius 1 is 1.10 bits per heavy atom. The molecular weight excluding hydrogens is 396 g/mol. The first kappa shape index (κ1) is 19.1. The third-order valence-electron chi connectivity index (χ3n) is 5.83. The van der Waals surface area contributed by atoms with Gasteiger partial charge in [0.1, 0.15) is 16.9 Å². The standard InChI is InChI=1S/C25H18O6/c1-12-10-18(27)30-24-20(12)23(29)21(13(2)26)25-22(24)17(11-19(28)31-25)16-9-5-7-14-6-3-4-8-15(14)16/h3-10,17,29H,11H2,1-2H3. The maximum Gasteiger partial charge on any atom is 0.336 e. The number of ether oxygens (including phenoxy) is 1. The molecule has 4 aromatic rings. The Kier molecular flexibility index (Phi) is 4.18. The largest absolute Gasteiger partial charge is 0.506 e. The number of carbonyl (C=O) groups is 2. The number of aryl methyl sites for hydroxylation is 1. The van der Waals surface area contributed by atoms with E-state index in [-0.39, 0.29) is 34.5 Å². The molecule has 0 aliphatic carbocycles. The van der Waals surface area contributed by atoms with E-state index < -0.39 is 23.3 Å². The molecule has 6 nitrogen and oxygen atoms in total. The van der Waals surface area contributed by atoms with Crippen molar-refractivity contribution in [2.24, 2.45) is 0 Å². The Bertz CT molecular complexity index is 1470. The van der Waals surface area contributed by atoms with E-state index in [1.165, 1.54) is 13.0 Å². The van der Waals surface area contributed by atoms with E-state index in [0.29, 0.717) is 11.1 Å². The highest BCUT2D eigenvalue weighted by atomic mass is 16.5. The Morgan fingerprint density at radius 3 is 2.61 bits per heavy atom. The van der Waals surface area contributed by atoms with E-state index in [9.17, 15) is 19.5 Å². The molecule has 5 rings (SSSR count). The van der Waals surface area contributed by atoms with Crippen molar-refractivity contribution in [1.29, 1.82) is 0 Å². The first-order chi connectivity index (χ1) is 14.9. The molecule has 0 bridgehead atoms. The van der Waals surface area contributed by atoms with Crippen LogP contribution < -0.4 is 10.4 Å². The van der Waals surface area contributed by atoms with Gasteiger partial charge in [0, 0.05) is 17.5 Å². The van der Waals surface area contributed by atoms with Gasteiger partial charge in [-0.25, -0.2) is 4.79 Å². The van der Waals surface area contributed by atoms with Gasteiger partial charge >= 0.3 is 11.6 Å². The van der Waals surface area contributed by atoms with E-state index in [2.05, 4.69) is 0 Å². The number of phenolic OH excluding ortho intramolecular Hbond substituents is 1. The first-order valence-electron chi connectivity index (χ1n) is 9.89. The Hall–Kier alpha value is -3.93. The number of phenols is 1. The van der Waals surface area contributed by atoms with Crippen LogP contribution >= 0.6 is 0 Å². The molecule has 154 valence electrons. The molecule has 2 heterocycles. The van der Waals surface area contributed by atoms with Gasteiger partial charge in [0.25, 0.3) is 0 Å². The Morgan fingerprint density at radius 2 is 1.84 bits per heavy atom. The van der Waals surface area contributed by atoms with Gasteiger partial charge in [0.05, 0.1) is 11.8 Å². The summed E-state index contributed by atoms with van der Waals surface area (Å²) in [5, 5.41) is 13.1. The number of esters is 1. The number of rotatable bonds is 2. The molecule has 0 radical (unpaired) electrons. The second kappa shape index (κ2) is 6.80. The number of benzene rings is 3. The predicted molar refractivity (Wildman–Crippen MR) is 115 cm³/mol. The van der Waals surface area contributed by atoms with Crippen molar-refractivity contribution in [3.8, 4) is 11.5 Å². The summed E-state index contributed by atoms with van der Waals surface area (Å²) in [5.74, 6) is -1.89. The van der Waals surface area contributed by atoms with Crippen molar-refractivity contribution in [3.05, 3.63) is 81.2 Å². The van der Waals surface area contributed by atoms with E-state index in [1.54, 1.807) is 6.92 Å². The summed E-state index contributed by atoms with van der Waals surface area (Å²) in [6, 6.07) is 14.8. The summed E-state index contributed by atoms with van der Waals surface area (Å²) >= 11 is 0. The number of fused-ring (bicyclic) bond motifs is 4. The number of Topliss-reactive ketones (excluding diaryl/α,β-unsaturated/α-hetero) is 1. The molecule has 0 amide bonds. The van der Waals surface area contributed by atoms with Crippen molar-refractivity contribution >= 4 is 33.5 Å². The van der Waals surface area contributed by atoms with Crippen LogP contribution in [0.2, 0.25) is 0 Å². The zero-order chi connectivity index (χ0) is 21.9. The monoisotopic (exact) mass is 414 g/mol. The highest BCUT2D eigenvalue weighted by molar-refractivity contribution is 6.09. The normalized spacial score (nSPS) is 15.7. The van der Waals surface area contributed by atoms with Crippen LogP contribution in [0.25, 0.3) is 21.7 Å². The van der Waals surface area contributed by atoms with Gasteiger partial charge in [0.15, 0.2) is 11.5 Å². The third-order valence-corrected chi connectivity index (χ3v) is 5.83. The van der Waals surface area contributed by atoms with Gasteiger partial charge in [-0.3, -0.25) is 9.59 Å². The summed E-state index contributed by atoms with van der Waals surface area (Å²) in [6.45, 7) is 2.96. The fourth-order valence-electron chi connectivity index (χ4n) is 4.56. The minimum absolute atomic E-state index is 0.00980. The molecule has 0 spiro atoms. The van der Waals surface area contributed by atoms with Crippen molar-refractivity contribution in [1.82, 2.24) is 0 Å². The second-order valence-electron chi connectivity index (χ2n) is 7.77. The smallest absolute Gasteiger partial charge is 0.336 e. The molecule has 1 aromatic heterocycles. The Balaban J connectivity index is 1.97. The molecule has 31 heavy (non-hydrogen) atoms. The zero-order valence-electron chi connectivity index (χ0n) is 16.9. The lowest BCUT2D eigenvalue weighted by molar-refractivity contribution is -0.135. The molecule has 0 saturated carbocycles. The molecule has 1 N–H and O–H groups in total. The molecule has 1 aliphatic heterocycles. The minimum Gasteiger partial charge on any atom is -0.506 e. The second-order valence-corrected chi connectivity index (χ2v) is 7.77. The lowest BCUT2D eigenvalue weighted by Crippen LogP contribution is -2.24. The van der Waals surface area contributed by atoms with E-state index in [0.717, 1.165) is 16.3 Å². The fourth-order valence-corrected chi connectivity index (χ4v) is 4.56. The van der Waals surface area contributed by atoms with Gasteiger partial charge in [-0.1, -0.05) is 42.5 Å². The van der Waals surface area contributed by atoms with Crippen LogP contribution in [0.1, 0.15) is 46.3 Å². The molecule has 0 fully saturated rings. The maximum atomic E-state index is 12.6. The zero-order valence-corrected chi connectivity index (χ0v) is 16.9. The molecule has 1 unspecified atom stereocenters. The number of hydrogen-bond donors (Lipinski definition) is 1. The van der Waals surface area contributed by atoms with Crippen LogP contribution in [-0.2, 0) is 4.79 Å². The lowest BCUT2D eigenvalue weighted by atomic mass is 9.81. The van der Waals surface area contributed by atoms with Crippen molar-refractivity contribution in [2.45, 2.75) is 26.2 Å². The number of aromatic hydroxyl groups is 1. The maximum absolute atomic E-state index is 12.6. The molecule has 1 aliphatic rings. The predicted octanol–water partition coefficient (Wildman–Crippen LogP) is 4.60. The number of carbonyl (C=O) groups excluding carboxylic acids is 2. The molecule has 0 saturated heterocycles. The Labute approximate surface area is 176 Å². The third kappa shape index (κ3) is 2.83. The number of hydrogen-bond acceptors (Lipinski definition) is 6. The minimum atomic E-state index is -0.587. The highest BCUT2D eigenvalue weighted by Gasteiger charge is 2.37. The topological polar surface area (TPSA) is 93.8 Å². The van der Waals surface area contributed by atoms with Crippen LogP contribution in [0.4, 0.5) is 0 Å². The summed E-state index contributed by atoms with van der Waals surface area (Å²) in [5.41, 5.74) is 1.21. The summed E-state index contributed by atoms with van der Waals surface area (Å²) in [4.78, 5) is 37.3. The van der Waals surface area contributed by atoms with Crippen molar-refractivity contribution in [3.63, 3.8) is 0 Å². The van der Waals surface area contributed by atoms with Gasteiger partial charge in [-0.2, -0.15) is 0 Å². The number of ketones is 1. The van der Waals surface area contributed by atoms with Crippen LogP contribution in [0.3, 0.4) is 0 Å². The van der Waals surface area contributed by atoms with Crippen molar-refractivity contribution < 1.29 is 23.8 Å². The van der Waals surface area contributed by atoms with E-state index in [4.69, 9.17) is 9.15 Å². The average molecular weight is 414 g/mol. The van der Waals surface area contributed by atoms with Crippen LogP contribution in [-0.4, -0.2) is 16.9 Å². The fraction of sp³-hybridized carbons (Fsp3) is 0.160. The van der Waals surface area contributed by atoms with Gasteiger partial charge in [-0.15, -0.1) is 0 Å². The van der Waals surface area contributed by atoms with Crippen LogP contribution in [0.15, 0.2) is 57.7 Å². The molecule has 3 aromatic carbocycles. The van der Waals surface area contributed by atoms with Gasteiger partial charge in [0.2, 0.25) is 0 Å².